The molecule has 1 amide bonds. The van der Waals surface area contributed by atoms with E-state index in [4.69, 9.17) is 0 Å². The number of aromatic amines is 2. The number of hydrogen-bond acceptors (Lipinski definition) is 3. The number of fused-ring (bicyclic) bond motifs is 2. The largest absolute Gasteiger partial charge is 0.506 e. The van der Waals surface area contributed by atoms with E-state index in [1.807, 2.05) is 13.0 Å². The number of nitrogens with one attached hydrogen (secondary N) is 2. The number of amides is 1. The molecule has 1 aromatic carbocycles. The summed E-state index contributed by atoms with van der Waals surface area (Å²) in [6.45, 7) is 2.35. The Labute approximate surface area is 131 Å². The number of para-hydroxylation sites is 1. The van der Waals surface area contributed by atoms with Crippen LogP contribution in [0, 0.1) is 6.92 Å². The summed E-state index contributed by atoms with van der Waals surface area (Å²) in [4.78, 5) is 32.3. The van der Waals surface area contributed by atoms with E-state index in [9.17, 15) is 14.7 Å². The average Bonchev–Trinajstić information content (AvgIpc) is 3.16. The van der Waals surface area contributed by atoms with Crippen LogP contribution >= 0.6 is 0 Å². The number of aryl methyl sites for hydroxylation is 1. The molecular formula is C17H15N3O3. The first-order chi connectivity index (χ1) is 11.1. The van der Waals surface area contributed by atoms with Crippen molar-refractivity contribution in [3.63, 3.8) is 0 Å². The zero-order chi connectivity index (χ0) is 16.1. The van der Waals surface area contributed by atoms with Gasteiger partial charge < -0.3 is 20.0 Å². The number of aromatic nitrogens is 2. The molecule has 6 nitrogen and oxygen atoms in total. The minimum Gasteiger partial charge on any atom is -0.506 e. The molecule has 3 N–H and O–H groups in total. The van der Waals surface area contributed by atoms with Crippen molar-refractivity contribution in [1.29, 1.82) is 0 Å². The maximum absolute atomic E-state index is 12.9. The Morgan fingerprint density at radius 2 is 2.09 bits per heavy atom. The molecule has 3 heterocycles. The minimum atomic E-state index is -0.299. The quantitative estimate of drug-likeness (QED) is 0.643. The van der Waals surface area contributed by atoms with Gasteiger partial charge in [0.05, 0.1) is 22.2 Å². The van der Waals surface area contributed by atoms with Gasteiger partial charge in [-0.05, 0) is 30.5 Å². The number of carbonyl (C=O) groups is 1. The standard InChI is InChI=1S/C17H15N3O3/c1-9-7-19-16(22)13-11(8-18-14(9)13)17(23)20-6-5-10-3-2-4-12(21)15(10)20/h2-4,7-8,18,21H,5-6H2,1H3,(H,19,22). The second-order valence-corrected chi connectivity index (χ2v) is 5.74. The molecule has 0 radical (unpaired) electrons. The first-order valence-electron chi connectivity index (χ1n) is 7.40. The number of rotatable bonds is 1. The van der Waals surface area contributed by atoms with Gasteiger partial charge in [-0.1, -0.05) is 12.1 Å². The molecule has 2 aromatic heterocycles. The van der Waals surface area contributed by atoms with Crippen LogP contribution < -0.4 is 10.5 Å². The number of aromatic hydroxyl groups is 1. The topological polar surface area (TPSA) is 89.2 Å². The zero-order valence-electron chi connectivity index (χ0n) is 12.5. The van der Waals surface area contributed by atoms with Crippen LogP contribution in [0.2, 0.25) is 0 Å². The lowest BCUT2D eigenvalue weighted by atomic mass is 10.1. The maximum Gasteiger partial charge on any atom is 0.260 e. The smallest absolute Gasteiger partial charge is 0.260 e. The van der Waals surface area contributed by atoms with Gasteiger partial charge in [-0.15, -0.1) is 0 Å². The van der Waals surface area contributed by atoms with Gasteiger partial charge in [0.2, 0.25) is 0 Å². The predicted molar refractivity (Wildman–Crippen MR) is 87.1 cm³/mol. The third-order valence-electron chi connectivity index (χ3n) is 4.37. The summed E-state index contributed by atoms with van der Waals surface area (Å²) >= 11 is 0. The van der Waals surface area contributed by atoms with E-state index in [-0.39, 0.29) is 17.2 Å². The summed E-state index contributed by atoms with van der Waals surface area (Å²) in [7, 11) is 0. The molecule has 0 unspecified atom stereocenters. The molecule has 1 aliphatic rings. The van der Waals surface area contributed by atoms with E-state index in [1.165, 1.54) is 4.90 Å². The summed E-state index contributed by atoms with van der Waals surface area (Å²) in [6.07, 6.45) is 3.87. The fourth-order valence-electron chi connectivity index (χ4n) is 3.24. The molecule has 23 heavy (non-hydrogen) atoms. The summed E-state index contributed by atoms with van der Waals surface area (Å²) in [5, 5.41) is 10.5. The number of nitrogens with zero attached hydrogens (tertiary/aromatic N) is 1. The third-order valence-corrected chi connectivity index (χ3v) is 4.37. The van der Waals surface area contributed by atoms with E-state index in [2.05, 4.69) is 9.97 Å². The first kappa shape index (κ1) is 13.6. The number of carbonyl (C=O) groups excluding carboxylic acids is 1. The van der Waals surface area contributed by atoms with Gasteiger partial charge in [0.1, 0.15) is 5.75 Å². The number of benzene rings is 1. The van der Waals surface area contributed by atoms with Crippen molar-refractivity contribution in [3.8, 4) is 5.75 Å². The summed E-state index contributed by atoms with van der Waals surface area (Å²) < 4.78 is 0. The van der Waals surface area contributed by atoms with Gasteiger partial charge >= 0.3 is 0 Å². The van der Waals surface area contributed by atoms with E-state index < -0.39 is 0 Å². The van der Waals surface area contributed by atoms with Crippen LogP contribution in [0.1, 0.15) is 21.5 Å². The Bertz CT molecular complexity index is 1000. The second-order valence-electron chi connectivity index (χ2n) is 5.74. The van der Waals surface area contributed by atoms with E-state index in [0.717, 1.165) is 11.1 Å². The van der Waals surface area contributed by atoms with Gasteiger partial charge in [-0.2, -0.15) is 0 Å². The Kier molecular flexibility index (Phi) is 2.81. The normalized spacial score (nSPS) is 13.5. The van der Waals surface area contributed by atoms with Crippen LogP contribution in [0.3, 0.4) is 0 Å². The average molecular weight is 309 g/mol. The summed E-state index contributed by atoms with van der Waals surface area (Å²) in [5.74, 6) is -0.203. The van der Waals surface area contributed by atoms with Crippen LogP contribution in [0.5, 0.6) is 5.75 Å². The lowest BCUT2D eigenvalue weighted by Crippen LogP contribution is -2.29. The third kappa shape index (κ3) is 1.88. The van der Waals surface area contributed by atoms with Crippen LogP contribution in [0.15, 0.2) is 35.4 Å². The van der Waals surface area contributed by atoms with Crippen molar-refractivity contribution >= 4 is 22.5 Å². The summed E-state index contributed by atoms with van der Waals surface area (Å²) in [5.41, 5.74) is 3.02. The highest BCUT2D eigenvalue weighted by atomic mass is 16.3. The zero-order valence-corrected chi connectivity index (χ0v) is 12.5. The Morgan fingerprint density at radius 3 is 2.91 bits per heavy atom. The molecule has 0 saturated carbocycles. The highest BCUT2D eigenvalue weighted by molar-refractivity contribution is 6.15. The Balaban J connectivity index is 1.87. The molecule has 3 aromatic rings. The van der Waals surface area contributed by atoms with E-state index in [1.54, 1.807) is 24.5 Å². The molecule has 6 heteroatoms. The van der Waals surface area contributed by atoms with Crippen LogP contribution in [0.4, 0.5) is 5.69 Å². The minimum absolute atomic E-state index is 0.0817. The van der Waals surface area contributed by atoms with Crippen molar-refractivity contribution in [2.24, 2.45) is 0 Å². The SMILES string of the molecule is Cc1c[nH]c(=O)c2c(C(=O)N3CCc4cccc(O)c43)c[nH]c12. The molecule has 0 atom stereocenters. The van der Waals surface area contributed by atoms with Crippen molar-refractivity contribution in [2.75, 3.05) is 11.4 Å². The highest BCUT2D eigenvalue weighted by Crippen LogP contribution is 2.37. The van der Waals surface area contributed by atoms with Gasteiger partial charge in [0.25, 0.3) is 11.5 Å². The van der Waals surface area contributed by atoms with Crippen molar-refractivity contribution < 1.29 is 9.90 Å². The molecule has 0 aliphatic carbocycles. The predicted octanol–water partition coefficient (Wildman–Crippen LogP) is 2.07. The fraction of sp³-hybridized carbons (Fsp3) is 0.176. The molecule has 116 valence electrons. The first-order valence-corrected chi connectivity index (χ1v) is 7.40. The van der Waals surface area contributed by atoms with Crippen LogP contribution in [-0.2, 0) is 6.42 Å². The summed E-state index contributed by atoms with van der Waals surface area (Å²) in [6, 6.07) is 5.23. The molecular weight excluding hydrogens is 294 g/mol. The van der Waals surface area contributed by atoms with Gasteiger partial charge in [-0.3, -0.25) is 9.59 Å². The molecule has 0 spiro atoms. The van der Waals surface area contributed by atoms with Crippen molar-refractivity contribution in [2.45, 2.75) is 13.3 Å². The maximum atomic E-state index is 12.9. The molecule has 4 rings (SSSR count). The Morgan fingerprint density at radius 1 is 1.26 bits per heavy atom. The monoisotopic (exact) mass is 309 g/mol. The van der Waals surface area contributed by atoms with Gasteiger partial charge in [0, 0.05) is 18.9 Å². The lowest BCUT2D eigenvalue weighted by molar-refractivity contribution is 0.0990. The van der Waals surface area contributed by atoms with Gasteiger partial charge in [0.15, 0.2) is 0 Å². The lowest BCUT2D eigenvalue weighted by Gasteiger charge is -2.17. The number of phenolic OH excluding ortho intramolecular Hbond substituents is 1. The van der Waals surface area contributed by atoms with Crippen LogP contribution in [-0.4, -0.2) is 27.5 Å². The molecule has 0 fully saturated rings. The fourth-order valence-corrected chi connectivity index (χ4v) is 3.24. The second kappa shape index (κ2) is 4.74. The number of H-pyrrole nitrogens is 2. The molecule has 1 aliphatic heterocycles. The van der Waals surface area contributed by atoms with E-state index in [0.29, 0.717) is 35.1 Å². The number of pyridine rings is 1. The van der Waals surface area contributed by atoms with Crippen molar-refractivity contribution in [3.05, 3.63) is 57.6 Å². The van der Waals surface area contributed by atoms with Crippen molar-refractivity contribution in [1.82, 2.24) is 9.97 Å². The van der Waals surface area contributed by atoms with E-state index >= 15 is 0 Å². The Hall–Kier alpha value is -3.02. The highest BCUT2D eigenvalue weighted by Gasteiger charge is 2.30. The van der Waals surface area contributed by atoms with Crippen LogP contribution in [0.25, 0.3) is 10.9 Å². The molecule has 0 saturated heterocycles. The van der Waals surface area contributed by atoms with Gasteiger partial charge in [-0.25, -0.2) is 0 Å². The number of hydrogen-bond donors (Lipinski definition) is 3. The molecule has 0 bridgehead atoms. The number of phenols is 1. The number of anilines is 1.